The summed E-state index contributed by atoms with van der Waals surface area (Å²) in [7, 11) is 0. The molecule has 0 rings (SSSR count). The third-order valence-corrected chi connectivity index (χ3v) is 11.9. The van der Waals surface area contributed by atoms with Crippen LogP contribution in [-0.2, 0) is 4.79 Å². The van der Waals surface area contributed by atoms with Crippen LogP contribution in [0, 0.1) is 0 Å². The third kappa shape index (κ3) is 44.1. The van der Waals surface area contributed by atoms with Crippen molar-refractivity contribution in [3.8, 4) is 0 Å². The maximum atomic E-state index is 12.5. The number of aliphatic hydroxyl groups excluding tert-OH is 3. The van der Waals surface area contributed by atoms with E-state index in [2.05, 4.69) is 43.5 Å². The Morgan fingerprint density at radius 2 is 0.776 bits per heavy atom. The number of hydrogen-bond donors (Lipinski definition) is 4. The molecule has 0 radical (unpaired) electrons. The Labute approximate surface area is 362 Å². The van der Waals surface area contributed by atoms with E-state index in [1.54, 1.807) is 6.08 Å². The summed E-state index contributed by atoms with van der Waals surface area (Å²) >= 11 is 0. The van der Waals surface area contributed by atoms with Gasteiger partial charge in [0, 0.05) is 0 Å². The summed E-state index contributed by atoms with van der Waals surface area (Å²) in [6.07, 6.45) is 61.6. The minimum absolute atomic E-state index is 0.00473. The van der Waals surface area contributed by atoms with Crippen LogP contribution in [0.4, 0.5) is 0 Å². The van der Waals surface area contributed by atoms with E-state index in [9.17, 15) is 20.1 Å². The summed E-state index contributed by atoms with van der Waals surface area (Å²) in [5.74, 6) is -0.321. The van der Waals surface area contributed by atoms with E-state index in [1.165, 1.54) is 199 Å². The van der Waals surface area contributed by atoms with Gasteiger partial charge >= 0.3 is 0 Å². The van der Waals surface area contributed by atoms with E-state index >= 15 is 0 Å². The fourth-order valence-corrected chi connectivity index (χ4v) is 7.96. The van der Waals surface area contributed by atoms with E-state index in [4.69, 9.17) is 0 Å². The summed E-state index contributed by atoms with van der Waals surface area (Å²) < 4.78 is 0. The maximum Gasteiger partial charge on any atom is 0.222 e. The second-order valence-corrected chi connectivity index (χ2v) is 17.8. The van der Waals surface area contributed by atoms with Gasteiger partial charge in [-0.3, -0.25) is 4.79 Å². The Morgan fingerprint density at radius 3 is 1.14 bits per heavy atom. The molecular weight excluding hydrogens is 715 g/mol. The molecule has 5 heteroatoms. The van der Waals surface area contributed by atoms with Crippen LogP contribution in [0.1, 0.15) is 271 Å². The highest BCUT2D eigenvalue weighted by Gasteiger charge is 2.20. The lowest BCUT2D eigenvalue weighted by Crippen LogP contribution is -2.45. The van der Waals surface area contributed by atoms with Crippen LogP contribution in [0.5, 0.6) is 0 Å². The second kappa shape index (κ2) is 48.2. The zero-order valence-electron chi connectivity index (χ0n) is 38.9. The first-order chi connectivity index (χ1) is 28.5. The Balaban J connectivity index is 3.64. The number of aliphatic hydroxyl groups is 3. The topological polar surface area (TPSA) is 89.8 Å². The zero-order valence-corrected chi connectivity index (χ0v) is 38.9. The summed E-state index contributed by atoms with van der Waals surface area (Å²) in [5, 5.41) is 33.4. The molecule has 3 atom stereocenters. The van der Waals surface area contributed by atoms with Crippen molar-refractivity contribution < 1.29 is 20.1 Å². The van der Waals surface area contributed by atoms with Gasteiger partial charge in [-0.15, -0.1) is 0 Å². The van der Waals surface area contributed by atoms with Crippen molar-refractivity contribution >= 4 is 5.91 Å². The quantitative estimate of drug-likeness (QED) is 0.0364. The van der Waals surface area contributed by atoms with Crippen molar-refractivity contribution in [1.82, 2.24) is 5.32 Å². The molecule has 0 heterocycles. The molecule has 0 aliphatic carbocycles. The molecule has 0 saturated heterocycles. The molecule has 0 aliphatic rings. The highest BCUT2D eigenvalue weighted by Crippen LogP contribution is 2.16. The number of hydrogen-bond acceptors (Lipinski definition) is 4. The molecule has 0 aromatic rings. The van der Waals surface area contributed by atoms with E-state index in [1.807, 2.05) is 6.08 Å². The molecule has 1 amide bonds. The van der Waals surface area contributed by atoms with Gasteiger partial charge in [0.2, 0.25) is 5.91 Å². The fraction of sp³-hybridized carbons (Fsp3) is 0.868. The normalized spacial score (nSPS) is 13.7. The van der Waals surface area contributed by atoms with Crippen molar-refractivity contribution in [3.63, 3.8) is 0 Å². The van der Waals surface area contributed by atoms with Gasteiger partial charge in [0.25, 0.3) is 0 Å². The number of carbonyl (C=O) groups excluding carboxylic acids is 1. The van der Waals surface area contributed by atoms with Crippen molar-refractivity contribution in [2.75, 3.05) is 6.61 Å². The van der Waals surface area contributed by atoms with Gasteiger partial charge in [-0.25, -0.2) is 0 Å². The first kappa shape index (κ1) is 56.6. The van der Waals surface area contributed by atoms with Crippen molar-refractivity contribution in [2.24, 2.45) is 0 Å². The third-order valence-electron chi connectivity index (χ3n) is 11.9. The van der Waals surface area contributed by atoms with E-state index in [0.29, 0.717) is 6.42 Å². The molecule has 0 aromatic heterocycles. The molecule has 4 N–H and O–H groups in total. The molecule has 0 spiro atoms. The van der Waals surface area contributed by atoms with Crippen molar-refractivity contribution in [2.45, 2.75) is 289 Å². The standard InChI is InChI=1S/C53H101NO4/c1-3-5-7-9-11-13-15-17-19-21-23-25-27-29-31-33-35-37-39-41-43-45-47-52(57)51(49-55)54-53(58)48-50(56)46-44-42-40-38-36-34-32-30-28-26-24-22-20-18-16-14-12-10-8-6-4-2/h24,26,30,32,45,47,50-52,55-57H,3-23,25,27-29,31,33-44,46,48-49H2,1-2H3,(H,54,58)/b26-24-,32-30-,47-45+. The molecular formula is C53H101NO4. The molecule has 58 heavy (non-hydrogen) atoms. The lowest BCUT2D eigenvalue weighted by molar-refractivity contribution is -0.124. The number of carbonyl (C=O) groups is 1. The Hall–Kier alpha value is -1.43. The highest BCUT2D eigenvalue weighted by atomic mass is 16.3. The van der Waals surface area contributed by atoms with E-state index < -0.39 is 18.2 Å². The maximum absolute atomic E-state index is 12.5. The van der Waals surface area contributed by atoms with Gasteiger partial charge in [-0.05, 0) is 51.4 Å². The van der Waals surface area contributed by atoms with Crippen LogP contribution in [0.25, 0.3) is 0 Å². The van der Waals surface area contributed by atoms with Crippen LogP contribution < -0.4 is 5.32 Å². The molecule has 0 fully saturated rings. The van der Waals surface area contributed by atoms with Crippen LogP contribution in [0.15, 0.2) is 36.5 Å². The summed E-state index contributed by atoms with van der Waals surface area (Å²) in [6.45, 7) is 4.23. The molecule has 0 aromatic carbocycles. The van der Waals surface area contributed by atoms with Gasteiger partial charge in [-0.1, -0.05) is 249 Å². The largest absolute Gasteiger partial charge is 0.394 e. The van der Waals surface area contributed by atoms with Gasteiger partial charge in [0.1, 0.15) is 0 Å². The van der Waals surface area contributed by atoms with Crippen LogP contribution in [0.3, 0.4) is 0 Å². The van der Waals surface area contributed by atoms with Crippen molar-refractivity contribution in [3.05, 3.63) is 36.5 Å². The van der Waals surface area contributed by atoms with Crippen LogP contribution >= 0.6 is 0 Å². The smallest absolute Gasteiger partial charge is 0.222 e. The average Bonchev–Trinajstić information content (AvgIpc) is 3.22. The molecule has 0 bridgehead atoms. The number of amides is 1. The number of rotatable bonds is 47. The monoisotopic (exact) mass is 816 g/mol. The molecule has 0 aliphatic heterocycles. The summed E-state index contributed by atoms with van der Waals surface area (Å²) in [4.78, 5) is 12.5. The van der Waals surface area contributed by atoms with Gasteiger partial charge < -0.3 is 20.6 Å². The minimum Gasteiger partial charge on any atom is -0.394 e. The molecule has 342 valence electrons. The summed E-state index contributed by atoms with van der Waals surface area (Å²) in [6, 6.07) is -0.750. The number of nitrogens with one attached hydrogen (secondary N) is 1. The summed E-state index contributed by atoms with van der Waals surface area (Å²) in [5.41, 5.74) is 0. The lowest BCUT2D eigenvalue weighted by Gasteiger charge is -2.21. The predicted molar refractivity (Wildman–Crippen MR) is 254 cm³/mol. The van der Waals surface area contributed by atoms with Crippen LogP contribution in [0.2, 0.25) is 0 Å². The van der Waals surface area contributed by atoms with Gasteiger partial charge in [0.15, 0.2) is 0 Å². The number of unbranched alkanes of at least 4 members (excludes halogenated alkanes) is 34. The first-order valence-corrected chi connectivity index (χ1v) is 25.8. The molecule has 0 saturated carbocycles. The van der Waals surface area contributed by atoms with E-state index in [0.717, 1.165) is 44.9 Å². The Kier molecular flexibility index (Phi) is 47.0. The molecule has 3 unspecified atom stereocenters. The SMILES string of the molecule is CCCCCCCCCCC/C=C\C/C=C\CCCCCCCC(O)CC(=O)NC(CO)C(O)/C=C/CCCCCCCCCCCCCCCCCCCCCC. The average molecular weight is 816 g/mol. The zero-order chi connectivity index (χ0) is 42.3. The Morgan fingerprint density at radius 1 is 0.448 bits per heavy atom. The fourth-order valence-electron chi connectivity index (χ4n) is 7.96. The van der Waals surface area contributed by atoms with Gasteiger partial charge in [0.05, 0.1) is 31.3 Å². The predicted octanol–water partition coefficient (Wildman–Crippen LogP) is 15.5. The Bertz CT molecular complexity index is 901. The van der Waals surface area contributed by atoms with Crippen LogP contribution in [-0.4, -0.2) is 46.1 Å². The first-order valence-electron chi connectivity index (χ1n) is 25.8. The lowest BCUT2D eigenvalue weighted by atomic mass is 10.0. The molecule has 5 nitrogen and oxygen atoms in total. The van der Waals surface area contributed by atoms with E-state index in [-0.39, 0.29) is 18.9 Å². The number of allylic oxidation sites excluding steroid dienone is 5. The minimum atomic E-state index is -0.933. The van der Waals surface area contributed by atoms with Gasteiger partial charge in [-0.2, -0.15) is 0 Å². The van der Waals surface area contributed by atoms with Crippen molar-refractivity contribution in [1.29, 1.82) is 0 Å². The highest BCUT2D eigenvalue weighted by molar-refractivity contribution is 5.76. The second-order valence-electron chi connectivity index (χ2n) is 17.8.